The molecule has 0 aromatic rings. The molecule has 0 bridgehead atoms. The van der Waals surface area contributed by atoms with E-state index in [0.29, 0.717) is 5.06 Å². The summed E-state index contributed by atoms with van der Waals surface area (Å²) in [6, 6.07) is -0.985. The van der Waals surface area contributed by atoms with Crippen LogP contribution in [0.1, 0.15) is 25.7 Å². The summed E-state index contributed by atoms with van der Waals surface area (Å²) >= 11 is 0. The number of carbonyl (C=O) groups excluding carboxylic acids is 4. The third-order valence-corrected chi connectivity index (χ3v) is 6.89. The van der Waals surface area contributed by atoms with Gasteiger partial charge in [0.15, 0.2) is 0 Å². The smallest absolute Gasteiger partial charge is 0.333 e. The zero-order valence-corrected chi connectivity index (χ0v) is 27.8. The fraction of sp³-hybridized carbons (Fsp3) is 0.862. The van der Waals surface area contributed by atoms with Gasteiger partial charge in [-0.1, -0.05) is 0 Å². The van der Waals surface area contributed by atoms with Crippen molar-refractivity contribution in [3.05, 3.63) is 0 Å². The van der Waals surface area contributed by atoms with E-state index in [2.05, 4.69) is 5.32 Å². The minimum absolute atomic E-state index is 0.106. The summed E-state index contributed by atoms with van der Waals surface area (Å²) in [5.74, 6) is -3.08. The van der Waals surface area contributed by atoms with Crippen LogP contribution < -0.4 is 5.32 Å². The molecule has 1 heterocycles. The molecule has 1 aliphatic heterocycles. The summed E-state index contributed by atoms with van der Waals surface area (Å²) < 4.78 is 33.5. The van der Waals surface area contributed by atoms with Crippen molar-refractivity contribution in [3.63, 3.8) is 0 Å². The number of aliphatic hydroxyl groups excluding tert-OH is 8. The van der Waals surface area contributed by atoms with Crippen LogP contribution in [0.5, 0.6) is 0 Å². The van der Waals surface area contributed by atoms with Crippen LogP contribution in [0.2, 0.25) is 0 Å². The molecule has 0 aromatic carbocycles. The zero-order chi connectivity index (χ0) is 37.3. The Morgan fingerprint density at radius 2 is 0.840 bits per heavy atom. The first-order chi connectivity index (χ1) is 24.1. The second-order valence-corrected chi connectivity index (χ2v) is 11.0. The zero-order valence-electron chi connectivity index (χ0n) is 27.8. The van der Waals surface area contributed by atoms with Gasteiger partial charge in [-0.2, -0.15) is 0 Å². The number of hydrogen-bond acceptors (Lipinski definition) is 19. The van der Waals surface area contributed by atoms with Gasteiger partial charge in [-0.05, 0) is 0 Å². The molecule has 21 heteroatoms. The van der Waals surface area contributed by atoms with Crippen LogP contribution in [-0.2, 0) is 52.4 Å². The molecule has 0 saturated carbocycles. The first-order valence-corrected chi connectivity index (χ1v) is 16.0. The van der Waals surface area contributed by atoms with E-state index in [9.17, 15) is 60.0 Å². The molecular weight excluding hydrogens is 680 g/mol. The van der Waals surface area contributed by atoms with E-state index in [-0.39, 0.29) is 52.5 Å². The molecule has 292 valence electrons. The Morgan fingerprint density at radius 3 is 1.16 bits per heavy atom. The van der Waals surface area contributed by atoms with Crippen LogP contribution in [0.25, 0.3) is 0 Å². The Hall–Kier alpha value is -2.48. The van der Waals surface area contributed by atoms with E-state index in [4.69, 9.17) is 33.3 Å². The average Bonchev–Trinajstić information content (AvgIpc) is 3.44. The van der Waals surface area contributed by atoms with Crippen molar-refractivity contribution in [1.29, 1.82) is 0 Å². The number of carbonyl (C=O) groups is 4. The van der Waals surface area contributed by atoms with Crippen LogP contribution in [0.4, 0.5) is 0 Å². The van der Waals surface area contributed by atoms with E-state index >= 15 is 0 Å². The molecular formula is C29H52N2O19. The Labute approximate surface area is 288 Å². The normalized spacial score (nSPS) is 13.9. The number of ether oxygens (including phenoxy) is 6. The van der Waals surface area contributed by atoms with Gasteiger partial charge < -0.3 is 79.4 Å². The van der Waals surface area contributed by atoms with E-state index in [1.807, 2.05) is 0 Å². The van der Waals surface area contributed by atoms with E-state index in [1.54, 1.807) is 0 Å². The number of rotatable bonds is 31. The maximum atomic E-state index is 12.9. The SMILES string of the molecule is O=C(CCC(=O)ON1C(=O)CCC1=O)NC(COC(COC(CO)CO)COC(CO)CO)COC(COC(CO)CO)COC(CO)CO. The summed E-state index contributed by atoms with van der Waals surface area (Å²) in [6.07, 6.45) is -6.86. The monoisotopic (exact) mass is 732 g/mol. The first-order valence-electron chi connectivity index (χ1n) is 16.0. The predicted molar refractivity (Wildman–Crippen MR) is 163 cm³/mol. The second-order valence-electron chi connectivity index (χ2n) is 11.0. The Morgan fingerprint density at radius 1 is 0.520 bits per heavy atom. The highest BCUT2D eigenvalue weighted by molar-refractivity contribution is 6.01. The van der Waals surface area contributed by atoms with Gasteiger partial charge in [0, 0.05) is 19.3 Å². The van der Waals surface area contributed by atoms with Crippen molar-refractivity contribution in [2.24, 2.45) is 0 Å². The van der Waals surface area contributed by atoms with Gasteiger partial charge in [0.05, 0.1) is 105 Å². The van der Waals surface area contributed by atoms with Crippen LogP contribution in [0, 0.1) is 0 Å². The third kappa shape index (κ3) is 18.7. The maximum absolute atomic E-state index is 12.9. The minimum atomic E-state index is -1.01. The molecule has 21 nitrogen and oxygen atoms in total. The topological polar surface area (TPSA) is 310 Å². The molecule has 0 aromatic heterocycles. The molecule has 1 fully saturated rings. The molecule has 0 spiro atoms. The van der Waals surface area contributed by atoms with E-state index in [0.717, 1.165) is 0 Å². The van der Waals surface area contributed by atoms with Crippen molar-refractivity contribution >= 4 is 23.7 Å². The third-order valence-electron chi connectivity index (χ3n) is 6.89. The molecule has 1 rings (SSSR count). The molecule has 9 N–H and O–H groups in total. The van der Waals surface area contributed by atoms with Gasteiger partial charge >= 0.3 is 5.97 Å². The maximum Gasteiger partial charge on any atom is 0.333 e. The molecule has 0 aliphatic carbocycles. The van der Waals surface area contributed by atoms with Gasteiger partial charge in [0.25, 0.3) is 11.8 Å². The fourth-order valence-electron chi connectivity index (χ4n) is 3.87. The number of imide groups is 1. The van der Waals surface area contributed by atoms with Crippen LogP contribution in [0.15, 0.2) is 0 Å². The standard InChI is InChI=1S/C29H52N2O19/c32-5-20(6-33)46-15-24(16-47-21(7-34)8-35)44-13-19(30-26(40)1-4-29(43)50-31-27(41)2-3-28(31)42)14-45-25(17-48-22(9-36)10-37)18-49-23(11-38)12-39/h19-25,32-39H,1-18H2,(H,30,40). The molecule has 1 saturated heterocycles. The van der Waals surface area contributed by atoms with Gasteiger partial charge in [0.2, 0.25) is 5.91 Å². The quantitative estimate of drug-likeness (QED) is 0.0300. The predicted octanol–water partition coefficient (Wildman–Crippen LogP) is -5.89. The molecule has 0 atom stereocenters. The summed E-state index contributed by atoms with van der Waals surface area (Å²) in [4.78, 5) is 53.3. The average molecular weight is 733 g/mol. The van der Waals surface area contributed by atoms with E-state index in [1.165, 1.54) is 0 Å². The van der Waals surface area contributed by atoms with Crippen LogP contribution in [-0.4, -0.2) is 205 Å². The molecule has 1 aliphatic rings. The number of nitrogens with one attached hydrogen (secondary N) is 1. The Balaban J connectivity index is 3.04. The van der Waals surface area contributed by atoms with E-state index < -0.39 is 132 Å². The molecule has 0 unspecified atom stereocenters. The fourth-order valence-corrected chi connectivity index (χ4v) is 3.87. The lowest BCUT2D eigenvalue weighted by atomic mass is 10.2. The molecule has 3 amide bonds. The second kappa shape index (κ2) is 27.2. The van der Waals surface area contributed by atoms with Crippen molar-refractivity contribution in [2.45, 2.75) is 68.3 Å². The van der Waals surface area contributed by atoms with Crippen LogP contribution in [0.3, 0.4) is 0 Å². The lowest BCUT2D eigenvalue weighted by Gasteiger charge is -2.27. The van der Waals surface area contributed by atoms with Crippen molar-refractivity contribution < 1.29 is 93.3 Å². The van der Waals surface area contributed by atoms with Gasteiger partial charge in [-0.15, -0.1) is 5.06 Å². The van der Waals surface area contributed by atoms with Gasteiger partial charge in [-0.25, -0.2) is 4.79 Å². The number of amides is 3. The summed E-state index contributed by atoms with van der Waals surface area (Å²) in [6.45, 7) is -5.68. The summed E-state index contributed by atoms with van der Waals surface area (Å²) in [5.41, 5.74) is 0. The molecule has 0 radical (unpaired) electrons. The Bertz CT molecular complexity index is 858. The number of nitrogens with zero attached hydrogens (tertiary/aromatic N) is 1. The number of hydroxylamine groups is 2. The van der Waals surface area contributed by atoms with Gasteiger partial charge in [-0.3, -0.25) is 14.4 Å². The summed E-state index contributed by atoms with van der Waals surface area (Å²) in [7, 11) is 0. The highest BCUT2D eigenvalue weighted by atomic mass is 16.7. The van der Waals surface area contributed by atoms with Gasteiger partial charge in [0.1, 0.15) is 36.6 Å². The molecule has 50 heavy (non-hydrogen) atoms. The number of aliphatic hydroxyl groups is 8. The lowest BCUT2D eigenvalue weighted by molar-refractivity contribution is -0.197. The minimum Gasteiger partial charge on any atom is -0.394 e. The van der Waals surface area contributed by atoms with Crippen molar-refractivity contribution in [2.75, 3.05) is 92.5 Å². The largest absolute Gasteiger partial charge is 0.394 e. The Kier molecular flexibility index (Phi) is 24.8. The summed E-state index contributed by atoms with van der Waals surface area (Å²) in [5, 5.41) is 77.8. The van der Waals surface area contributed by atoms with Crippen molar-refractivity contribution in [1.82, 2.24) is 10.4 Å². The highest BCUT2D eigenvalue weighted by Crippen LogP contribution is 2.13. The number of hydrogen-bond donors (Lipinski definition) is 9. The first kappa shape index (κ1) is 45.5. The van der Waals surface area contributed by atoms with Crippen molar-refractivity contribution in [3.8, 4) is 0 Å². The highest BCUT2D eigenvalue weighted by Gasteiger charge is 2.33. The lowest BCUT2D eigenvalue weighted by Crippen LogP contribution is -2.45. The van der Waals surface area contributed by atoms with Crippen LogP contribution >= 0.6 is 0 Å².